The molecule has 0 aliphatic heterocycles. The molecule has 2 N–H and O–H groups in total. The van der Waals surface area contributed by atoms with E-state index in [1.54, 1.807) is 0 Å². The molecule has 0 saturated carbocycles. The van der Waals surface area contributed by atoms with Crippen LogP contribution in [0.2, 0.25) is 5.02 Å². The lowest BCUT2D eigenvalue weighted by atomic mass is 10.3. The topological polar surface area (TPSA) is 67.0 Å². The molecule has 5 nitrogen and oxygen atoms in total. The molecule has 0 radical (unpaired) electrons. The highest BCUT2D eigenvalue weighted by atomic mass is 79.9. The van der Waals surface area contributed by atoms with Crippen molar-refractivity contribution in [3.8, 4) is 5.75 Å². The number of halogens is 4. The van der Waals surface area contributed by atoms with Crippen molar-refractivity contribution < 1.29 is 18.3 Å². The number of alkyl halides is 2. The van der Waals surface area contributed by atoms with Gasteiger partial charge in [-0.25, -0.2) is 0 Å². The van der Waals surface area contributed by atoms with Gasteiger partial charge in [0.05, 0.1) is 15.7 Å². The van der Waals surface area contributed by atoms with Crippen LogP contribution >= 0.6 is 27.5 Å². The fourth-order valence-electron chi connectivity index (χ4n) is 1.39. The highest BCUT2D eigenvalue weighted by Gasteiger charge is 2.14. The quantitative estimate of drug-likeness (QED) is 0.867. The Kier molecular flexibility index (Phi) is 4.56. The standard InChI is InChI=1S/C11H7BrClF2N3O2/c12-6-4-16-18-9(6)10(19)17-5-1-2-8(7(13)3-5)20-11(14)15/h1-4,11H,(H,16,18)(H,17,19). The van der Waals surface area contributed by atoms with Crippen molar-refractivity contribution in [1.29, 1.82) is 0 Å². The second-order valence-corrected chi connectivity index (χ2v) is 4.83. The Morgan fingerprint density at radius 3 is 2.80 bits per heavy atom. The normalized spacial score (nSPS) is 10.7. The Morgan fingerprint density at radius 1 is 1.50 bits per heavy atom. The molecule has 0 atom stereocenters. The number of anilines is 1. The number of nitrogens with one attached hydrogen (secondary N) is 2. The molecular formula is C11H7BrClF2N3O2. The minimum absolute atomic E-state index is 0.0354. The zero-order valence-corrected chi connectivity index (χ0v) is 12.0. The molecule has 9 heteroatoms. The first kappa shape index (κ1) is 14.7. The first-order valence-electron chi connectivity index (χ1n) is 5.22. The van der Waals surface area contributed by atoms with Crippen molar-refractivity contribution in [2.45, 2.75) is 6.61 Å². The van der Waals surface area contributed by atoms with Gasteiger partial charge in [0.15, 0.2) is 0 Å². The van der Waals surface area contributed by atoms with Gasteiger partial charge in [-0.1, -0.05) is 11.6 Å². The van der Waals surface area contributed by atoms with E-state index in [2.05, 4.69) is 36.2 Å². The van der Waals surface area contributed by atoms with E-state index in [4.69, 9.17) is 11.6 Å². The zero-order chi connectivity index (χ0) is 14.7. The van der Waals surface area contributed by atoms with Crippen LogP contribution < -0.4 is 10.1 Å². The third-order valence-electron chi connectivity index (χ3n) is 2.23. The highest BCUT2D eigenvalue weighted by Crippen LogP contribution is 2.29. The minimum atomic E-state index is -2.96. The molecule has 1 aromatic carbocycles. The second-order valence-electron chi connectivity index (χ2n) is 3.57. The molecule has 0 aliphatic carbocycles. The summed E-state index contributed by atoms with van der Waals surface area (Å²) in [6.07, 6.45) is 1.43. The molecule has 0 unspecified atom stereocenters. The number of carbonyl (C=O) groups is 1. The summed E-state index contributed by atoms with van der Waals surface area (Å²) < 4.78 is 28.8. The van der Waals surface area contributed by atoms with Crippen LogP contribution in [0.3, 0.4) is 0 Å². The SMILES string of the molecule is O=C(Nc1ccc(OC(F)F)c(Cl)c1)c1[nH]ncc1Br. The van der Waals surface area contributed by atoms with E-state index in [1.165, 1.54) is 24.4 Å². The van der Waals surface area contributed by atoms with Gasteiger partial charge in [0.1, 0.15) is 11.4 Å². The molecule has 1 amide bonds. The predicted octanol–water partition coefficient (Wildman–Crippen LogP) is 3.68. The van der Waals surface area contributed by atoms with E-state index in [0.29, 0.717) is 10.2 Å². The van der Waals surface area contributed by atoms with Crippen LogP contribution in [-0.2, 0) is 0 Å². The number of ether oxygens (including phenoxy) is 1. The van der Waals surface area contributed by atoms with E-state index in [-0.39, 0.29) is 16.5 Å². The molecule has 1 aromatic heterocycles. The number of H-pyrrole nitrogens is 1. The molecule has 0 bridgehead atoms. The lowest BCUT2D eigenvalue weighted by Gasteiger charge is -2.09. The molecule has 0 fully saturated rings. The number of benzene rings is 1. The summed E-state index contributed by atoms with van der Waals surface area (Å²) in [6.45, 7) is -2.96. The van der Waals surface area contributed by atoms with Crippen molar-refractivity contribution in [2.75, 3.05) is 5.32 Å². The summed E-state index contributed by atoms with van der Waals surface area (Å²) in [5.74, 6) is -0.615. The Morgan fingerprint density at radius 2 is 2.25 bits per heavy atom. The minimum Gasteiger partial charge on any atom is -0.433 e. The van der Waals surface area contributed by atoms with Gasteiger partial charge in [-0.3, -0.25) is 9.89 Å². The van der Waals surface area contributed by atoms with E-state index >= 15 is 0 Å². The number of carbonyl (C=O) groups excluding carboxylic acids is 1. The maximum absolute atomic E-state index is 12.1. The van der Waals surface area contributed by atoms with Gasteiger partial charge in [0, 0.05) is 5.69 Å². The lowest BCUT2D eigenvalue weighted by Crippen LogP contribution is -2.13. The van der Waals surface area contributed by atoms with Crippen LogP contribution in [0.5, 0.6) is 5.75 Å². The Bertz CT molecular complexity index is 636. The molecule has 0 spiro atoms. The van der Waals surface area contributed by atoms with Gasteiger partial charge in [0.2, 0.25) is 0 Å². The van der Waals surface area contributed by atoms with E-state index in [0.717, 1.165) is 0 Å². The summed E-state index contributed by atoms with van der Waals surface area (Å²) in [5.41, 5.74) is 0.567. The van der Waals surface area contributed by atoms with Crippen LogP contribution in [0.1, 0.15) is 10.5 Å². The number of hydrogen-bond donors (Lipinski definition) is 2. The largest absolute Gasteiger partial charge is 0.433 e. The monoisotopic (exact) mass is 365 g/mol. The molecule has 2 aromatic rings. The van der Waals surface area contributed by atoms with E-state index in [9.17, 15) is 13.6 Å². The number of hydrogen-bond acceptors (Lipinski definition) is 3. The average molecular weight is 367 g/mol. The van der Waals surface area contributed by atoms with Crippen LogP contribution in [0.25, 0.3) is 0 Å². The van der Waals surface area contributed by atoms with Gasteiger partial charge in [-0.05, 0) is 34.1 Å². The summed E-state index contributed by atoms with van der Waals surface area (Å²) in [4.78, 5) is 11.9. The Balaban J connectivity index is 2.13. The van der Waals surface area contributed by atoms with Gasteiger partial charge < -0.3 is 10.1 Å². The predicted molar refractivity (Wildman–Crippen MR) is 72.3 cm³/mol. The highest BCUT2D eigenvalue weighted by molar-refractivity contribution is 9.10. The van der Waals surface area contributed by atoms with E-state index < -0.39 is 12.5 Å². The third kappa shape index (κ3) is 3.45. The number of rotatable bonds is 4. The average Bonchev–Trinajstić information content (AvgIpc) is 2.78. The number of aromatic nitrogens is 2. The number of aromatic amines is 1. The van der Waals surface area contributed by atoms with Crippen molar-refractivity contribution in [3.05, 3.63) is 39.6 Å². The molecular weight excluding hydrogens is 359 g/mol. The number of amides is 1. The van der Waals surface area contributed by atoms with Gasteiger partial charge >= 0.3 is 6.61 Å². The molecule has 0 saturated heterocycles. The van der Waals surface area contributed by atoms with Crippen LogP contribution in [-0.4, -0.2) is 22.7 Å². The fourth-order valence-corrected chi connectivity index (χ4v) is 1.99. The molecule has 1 heterocycles. The maximum Gasteiger partial charge on any atom is 0.387 e. The van der Waals surface area contributed by atoms with Gasteiger partial charge in [-0.2, -0.15) is 13.9 Å². The number of nitrogens with zero attached hydrogens (tertiary/aromatic N) is 1. The third-order valence-corrected chi connectivity index (χ3v) is 3.12. The zero-order valence-electron chi connectivity index (χ0n) is 9.66. The van der Waals surface area contributed by atoms with Crippen LogP contribution in [0, 0.1) is 0 Å². The van der Waals surface area contributed by atoms with Crippen LogP contribution in [0.4, 0.5) is 14.5 Å². The smallest absolute Gasteiger partial charge is 0.387 e. The second kappa shape index (κ2) is 6.19. The summed E-state index contributed by atoms with van der Waals surface area (Å²) in [6, 6.07) is 3.94. The Labute approximate surface area is 125 Å². The fraction of sp³-hybridized carbons (Fsp3) is 0.0909. The van der Waals surface area contributed by atoms with E-state index in [1.807, 2.05) is 0 Å². The van der Waals surface area contributed by atoms with Gasteiger partial charge in [-0.15, -0.1) is 0 Å². The van der Waals surface area contributed by atoms with Crippen molar-refractivity contribution in [3.63, 3.8) is 0 Å². The maximum atomic E-state index is 12.1. The summed E-state index contributed by atoms with van der Waals surface area (Å²) in [5, 5.41) is 8.70. The first-order valence-corrected chi connectivity index (χ1v) is 6.39. The molecule has 0 aliphatic rings. The van der Waals surface area contributed by atoms with Crippen LogP contribution in [0.15, 0.2) is 28.9 Å². The first-order chi connectivity index (χ1) is 9.47. The van der Waals surface area contributed by atoms with Crippen molar-refractivity contribution in [1.82, 2.24) is 10.2 Å². The van der Waals surface area contributed by atoms with Crippen molar-refractivity contribution >= 4 is 39.1 Å². The Hall–Kier alpha value is -1.67. The van der Waals surface area contributed by atoms with Gasteiger partial charge in [0.25, 0.3) is 5.91 Å². The lowest BCUT2D eigenvalue weighted by molar-refractivity contribution is -0.0497. The molecule has 106 valence electrons. The van der Waals surface area contributed by atoms with Crippen molar-refractivity contribution in [2.24, 2.45) is 0 Å². The summed E-state index contributed by atoms with van der Waals surface area (Å²) >= 11 is 8.92. The summed E-state index contributed by atoms with van der Waals surface area (Å²) in [7, 11) is 0. The molecule has 2 rings (SSSR count). The molecule has 20 heavy (non-hydrogen) atoms.